The third-order valence-electron chi connectivity index (χ3n) is 1.70. The Morgan fingerprint density at radius 2 is 2.21 bits per heavy atom. The minimum atomic E-state index is -2.93. The van der Waals surface area contributed by atoms with Crippen molar-refractivity contribution in [2.24, 2.45) is 0 Å². The molecule has 1 aromatic heterocycles. The zero-order valence-corrected chi connectivity index (χ0v) is 8.58. The first-order chi connectivity index (χ1) is 6.51. The highest BCUT2D eigenvalue weighted by molar-refractivity contribution is 7.90. The van der Waals surface area contributed by atoms with Crippen molar-refractivity contribution in [1.82, 2.24) is 4.98 Å². The summed E-state index contributed by atoms with van der Waals surface area (Å²) in [5.74, 6) is 0.112. The van der Waals surface area contributed by atoms with Crippen LogP contribution in [0.2, 0.25) is 0 Å². The Morgan fingerprint density at radius 1 is 1.50 bits per heavy atom. The van der Waals surface area contributed by atoms with Gasteiger partial charge in [-0.2, -0.15) is 5.26 Å². The van der Waals surface area contributed by atoms with Crippen molar-refractivity contribution in [1.29, 1.82) is 5.26 Å². The lowest BCUT2D eigenvalue weighted by molar-refractivity contribution is 0.601. The molecule has 0 aliphatic rings. The Balaban J connectivity index is 2.67. The number of pyridine rings is 1. The molecule has 74 valence electrons. The molecule has 0 radical (unpaired) electrons. The van der Waals surface area contributed by atoms with Gasteiger partial charge in [-0.05, 0) is 18.1 Å². The Hall–Kier alpha value is -1.41. The van der Waals surface area contributed by atoms with Crippen molar-refractivity contribution in [2.45, 2.75) is 6.42 Å². The molecule has 1 heterocycles. The first-order valence-electron chi connectivity index (χ1n) is 4.04. The fourth-order valence-electron chi connectivity index (χ4n) is 0.942. The second-order valence-electron chi connectivity index (χ2n) is 3.04. The predicted octanol–water partition coefficient (Wildman–Crippen LogP) is 0.540. The van der Waals surface area contributed by atoms with Crippen LogP contribution in [0.15, 0.2) is 18.3 Å². The summed E-state index contributed by atoms with van der Waals surface area (Å²) >= 11 is 0. The van der Waals surface area contributed by atoms with Gasteiger partial charge in [0.1, 0.15) is 21.6 Å². The zero-order valence-electron chi connectivity index (χ0n) is 7.77. The summed E-state index contributed by atoms with van der Waals surface area (Å²) in [4.78, 5) is 3.84. The summed E-state index contributed by atoms with van der Waals surface area (Å²) in [6, 6.07) is 5.20. The number of hydrogen-bond acceptors (Lipinski definition) is 4. The standard InChI is InChI=1S/C9H10N2O2S/c1-14(12,13)5-4-8-2-3-9(6-10)11-7-8/h2-3,7H,4-5H2,1H3. The largest absolute Gasteiger partial charge is 0.245 e. The third kappa shape index (κ3) is 3.54. The maximum absolute atomic E-state index is 10.9. The minimum Gasteiger partial charge on any atom is -0.245 e. The van der Waals surface area contributed by atoms with Gasteiger partial charge in [0, 0.05) is 12.5 Å². The molecule has 0 saturated carbocycles. The van der Waals surface area contributed by atoms with Gasteiger partial charge in [0.2, 0.25) is 0 Å². The van der Waals surface area contributed by atoms with Gasteiger partial charge in [0.15, 0.2) is 0 Å². The number of aryl methyl sites for hydroxylation is 1. The molecular weight excluding hydrogens is 200 g/mol. The van der Waals surface area contributed by atoms with Gasteiger partial charge in [-0.15, -0.1) is 0 Å². The summed E-state index contributed by atoms with van der Waals surface area (Å²) in [7, 11) is -2.93. The molecule has 0 N–H and O–H groups in total. The number of rotatable bonds is 3. The van der Waals surface area contributed by atoms with E-state index >= 15 is 0 Å². The lowest BCUT2D eigenvalue weighted by atomic mass is 10.2. The van der Waals surface area contributed by atoms with E-state index in [-0.39, 0.29) is 5.75 Å². The highest BCUT2D eigenvalue weighted by atomic mass is 32.2. The summed E-state index contributed by atoms with van der Waals surface area (Å²) in [6.45, 7) is 0. The number of nitriles is 1. The molecule has 0 fully saturated rings. The number of nitrogens with zero attached hydrogens (tertiary/aromatic N) is 2. The monoisotopic (exact) mass is 210 g/mol. The maximum atomic E-state index is 10.9. The lowest BCUT2D eigenvalue weighted by Crippen LogP contribution is -2.06. The molecule has 0 amide bonds. The van der Waals surface area contributed by atoms with Gasteiger partial charge in [0.05, 0.1) is 5.75 Å². The van der Waals surface area contributed by atoms with E-state index in [2.05, 4.69) is 4.98 Å². The van der Waals surface area contributed by atoms with Gasteiger partial charge in [0.25, 0.3) is 0 Å². The highest BCUT2D eigenvalue weighted by Gasteiger charge is 2.03. The Labute approximate surface area is 83.1 Å². The van der Waals surface area contributed by atoms with Crippen LogP contribution in [-0.2, 0) is 16.3 Å². The SMILES string of the molecule is CS(=O)(=O)CCc1ccc(C#N)nc1. The molecule has 0 aliphatic heterocycles. The summed E-state index contributed by atoms with van der Waals surface area (Å²) < 4.78 is 21.7. The molecule has 0 aromatic carbocycles. The average molecular weight is 210 g/mol. The van der Waals surface area contributed by atoms with E-state index in [1.807, 2.05) is 6.07 Å². The van der Waals surface area contributed by atoms with Crippen molar-refractivity contribution in [3.05, 3.63) is 29.6 Å². The van der Waals surface area contributed by atoms with Crippen molar-refractivity contribution < 1.29 is 8.42 Å². The lowest BCUT2D eigenvalue weighted by Gasteiger charge is -1.98. The van der Waals surface area contributed by atoms with Crippen LogP contribution < -0.4 is 0 Å². The molecule has 0 atom stereocenters. The molecule has 14 heavy (non-hydrogen) atoms. The number of sulfone groups is 1. The van der Waals surface area contributed by atoms with Gasteiger partial charge < -0.3 is 0 Å². The average Bonchev–Trinajstić information content (AvgIpc) is 2.14. The van der Waals surface area contributed by atoms with E-state index < -0.39 is 9.84 Å². The predicted molar refractivity (Wildman–Crippen MR) is 52.4 cm³/mol. The van der Waals surface area contributed by atoms with Crippen LogP contribution in [0.1, 0.15) is 11.3 Å². The Kier molecular flexibility index (Phi) is 3.20. The second-order valence-corrected chi connectivity index (χ2v) is 5.30. The van der Waals surface area contributed by atoms with Crippen LogP contribution in [-0.4, -0.2) is 25.4 Å². The van der Waals surface area contributed by atoms with Crippen molar-refractivity contribution in [2.75, 3.05) is 12.0 Å². The second kappa shape index (κ2) is 4.20. The molecular formula is C9H10N2O2S. The molecule has 0 aliphatic carbocycles. The fraction of sp³-hybridized carbons (Fsp3) is 0.333. The fourth-order valence-corrected chi connectivity index (χ4v) is 1.55. The van der Waals surface area contributed by atoms with Gasteiger partial charge >= 0.3 is 0 Å². The molecule has 5 heteroatoms. The molecule has 0 bridgehead atoms. The molecule has 0 spiro atoms. The number of aromatic nitrogens is 1. The van der Waals surface area contributed by atoms with Crippen LogP contribution in [0, 0.1) is 11.3 Å². The van der Waals surface area contributed by atoms with E-state index in [0.29, 0.717) is 12.1 Å². The zero-order chi connectivity index (χ0) is 10.6. The van der Waals surface area contributed by atoms with Gasteiger partial charge in [-0.1, -0.05) is 6.07 Å². The minimum absolute atomic E-state index is 0.112. The molecule has 0 saturated heterocycles. The first-order valence-corrected chi connectivity index (χ1v) is 6.10. The van der Waals surface area contributed by atoms with E-state index in [1.54, 1.807) is 12.1 Å². The Bertz CT molecular complexity index is 443. The van der Waals surface area contributed by atoms with Crippen molar-refractivity contribution in [3.8, 4) is 6.07 Å². The van der Waals surface area contributed by atoms with Crippen LogP contribution in [0.25, 0.3) is 0 Å². The van der Waals surface area contributed by atoms with E-state index in [4.69, 9.17) is 5.26 Å². The highest BCUT2D eigenvalue weighted by Crippen LogP contribution is 2.01. The van der Waals surface area contributed by atoms with Gasteiger partial charge in [-0.3, -0.25) is 0 Å². The van der Waals surface area contributed by atoms with Crippen LogP contribution in [0.5, 0.6) is 0 Å². The maximum Gasteiger partial charge on any atom is 0.147 e. The van der Waals surface area contributed by atoms with Crippen molar-refractivity contribution in [3.63, 3.8) is 0 Å². The van der Waals surface area contributed by atoms with E-state index in [9.17, 15) is 8.42 Å². The normalized spacial score (nSPS) is 10.9. The first kappa shape index (κ1) is 10.7. The van der Waals surface area contributed by atoms with Gasteiger partial charge in [-0.25, -0.2) is 13.4 Å². The smallest absolute Gasteiger partial charge is 0.147 e. The number of hydrogen-bond donors (Lipinski definition) is 0. The van der Waals surface area contributed by atoms with Crippen LogP contribution >= 0.6 is 0 Å². The van der Waals surface area contributed by atoms with E-state index in [1.165, 1.54) is 12.5 Å². The topological polar surface area (TPSA) is 70.8 Å². The summed E-state index contributed by atoms with van der Waals surface area (Å²) in [5.41, 5.74) is 1.17. The van der Waals surface area contributed by atoms with Crippen molar-refractivity contribution >= 4 is 9.84 Å². The van der Waals surface area contributed by atoms with Crippen LogP contribution in [0.4, 0.5) is 0 Å². The quantitative estimate of drug-likeness (QED) is 0.730. The molecule has 0 unspecified atom stereocenters. The molecule has 4 nitrogen and oxygen atoms in total. The van der Waals surface area contributed by atoms with Crippen LogP contribution in [0.3, 0.4) is 0 Å². The summed E-state index contributed by atoms with van der Waals surface area (Å²) in [6.07, 6.45) is 3.17. The Morgan fingerprint density at radius 3 is 2.64 bits per heavy atom. The molecule has 1 aromatic rings. The molecule has 1 rings (SSSR count). The summed E-state index contributed by atoms with van der Waals surface area (Å²) in [5, 5.41) is 8.48. The third-order valence-corrected chi connectivity index (χ3v) is 2.65. The van der Waals surface area contributed by atoms with E-state index in [0.717, 1.165) is 5.56 Å².